The second-order valence-electron chi connectivity index (χ2n) is 4.64. The summed E-state index contributed by atoms with van der Waals surface area (Å²) >= 11 is 5.60. The standard InChI is InChI=1S/C14H20ClNO3/c1-11-9-12(2)14(13(10-11)16(17)18)19-8-6-4-3-5-7-15/h9-10H,3-8H2,1-2H3. The van der Waals surface area contributed by atoms with Crippen molar-refractivity contribution in [2.75, 3.05) is 12.5 Å². The highest BCUT2D eigenvalue weighted by Gasteiger charge is 2.18. The Balaban J connectivity index is 2.59. The van der Waals surface area contributed by atoms with Crippen LogP contribution in [0, 0.1) is 24.0 Å². The van der Waals surface area contributed by atoms with Gasteiger partial charge < -0.3 is 4.74 Å². The van der Waals surface area contributed by atoms with Crippen LogP contribution in [0.5, 0.6) is 5.75 Å². The molecule has 0 unspecified atom stereocenters. The van der Waals surface area contributed by atoms with E-state index in [0.717, 1.165) is 36.8 Å². The first-order valence-electron chi connectivity index (χ1n) is 6.50. The molecule has 0 saturated heterocycles. The Morgan fingerprint density at radius 3 is 2.53 bits per heavy atom. The van der Waals surface area contributed by atoms with Crippen molar-refractivity contribution in [2.24, 2.45) is 0 Å². The molecule has 0 bridgehead atoms. The Labute approximate surface area is 118 Å². The third kappa shape index (κ3) is 5.07. The van der Waals surface area contributed by atoms with Gasteiger partial charge in [-0.3, -0.25) is 10.1 Å². The fourth-order valence-electron chi connectivity index (χ4n) is 1.98. The van der Waals surface area contributed by atoms with Crippen LogP contribution in [0.15, 0.2) is 12.1 Å². The van der Waals surface area contributed by atoms with Crippen LogP contribution in [0.25, 0.3) is 0 Å². The van der Waals surface area contributed by atoms with E-state index >= 15 is 0 Å². The number of nitro groups is 1. The molecule has 1 rings (SSSR count). The Bertz CT molecular complexity index is 435. The van der Waals surface area contributed by atoms with E-state index in [1.165, 1.54) is 0 Å². The van der Waals surface area contributed by atoms with Crippen molar-refractivity contribution >= 4 is 17.3 Å². The molecule has 5 heteroatoms. The highest BCUT2D eigenvalue weighted by Crippen LogP contribution is 2.32. The molecule has 4 nitrogen and oxygen atoms in total. The zero-order chi connectivity index (χ0) is 14.3. The number of rotatable bonds is 8. The number of nitrogens with zero attached hydrogens (tertiary/aromatic N) is 1. The fraction of sp³-hybridized carbons (Fsp3) is 0.571. The molecule has 0 saturated carbocycles. The molecule has 106 valence electrons. The fourth-order valence-corrected chi connectivity index (χ4v) is 2.17. The zero-order valence-electron chi connectivity index (χ0n) is 11.4. The van der Waals surface area contributed by atoms with Crippen molar-refractivity contribution in [1.29, 1.82) is 0 Å². The second-order valence-corrected chi connectivity index (χ2v) is 5.02. The topological polar surface area (TPSA) is 52.4 Å². The summed E-state index contributed by atoms with van der Waals surface area (Å²) in [5, 5.41) is 11.0. The largest absolute Gasteiger partial charge is 0.487 e. The van der Waals surface area contributed by atoms with Gasteiger partial charge in [0.2, 0.25) is 0 Å². The third-order valence-electron chi connectivity index (χ3n) is 2.87. The van der Waals surface area contributed by atoms with Crippen molar-refractivity contribution in [3.63, 3.8) is 0 Å². The number of alkyl halides is 1. The minimum absolute atomic E-state index is 0.0539. The van der Waals surface area contributed by atoms with E-state index in [1.807, 2.05) is 19.9 Å². The van der Waals surface area contributed by atoms with Gasteiger partial charge in [-0.05, 0) is 37.8 Å². The average Bonchev–Trinajstić information content (AvgIpc) is 2.34. The number of ether oxygens (including phenoxy) is 1. The molecule has 0 aliphatic carbocycles. The van der Waals surface area contributed by atoms with Crippen molar-refractivity contribution in [1.82, 2.24) is 0 Å². The van der Waals surface area contributed by atoms with Gasteiger partial charge >= 0.3 is 5.69 Å². The molecule has 19 heavy (non-hydrogen) atoms. The van der Waals surface area contributed by atoms with Gasteiger partial charge in [0.1, 0.15) is 0 Å². The first kappa shape index (κ1) is 15.8. The maximum Gasteiger partial charge on any atom is 0.311 e. The van der Waals surface area contributed by atoms with Gasteiger partial charge in [0, 0.05) is 11.9 Å². The Hall–Kier alpha value is -1.29. The molecular weight excluding hydrogens is 266 g/mol. The maximum absolute atomic E-state index is 11.0. The molecule has 0 aliphatic rings. The molecule has 0 fully saturated rings. The van der Waals surface area contributed by atoms with Crippen LogP contribution in [-0.4, -0.2) is 17.4 Å². The molecule has 0 heterocycles. The molecule has 1 aromatic rings. The molecule has 0 N–H and O–H groups in total. The number of halogens is 1. The predicted octanol–water partition coefficient (Wildman–Crippen LogP) is 4.39. The monoisotopic (exact) mass is 285 g/mol. The van der Waals surface area contributed by atoms with E-state index in [9.17, 15) is 10.1 Å². The predicted molar refractivity (Wildman–Crippen MR) is 77.3 cm³/mol. The normalized spacial score (nSPS) is 10.5. The van der Waals surface area contributed by atoms with Gasteiger partial charge in [0.15, 0.2) is 5.75 Å². The van der Waals surface area contributed by atoms with E-state index in [1.54, 1.807) is 6.07 Å². The van der Waals surface area contributed by atoms with Crippen LogP contribution in [0.1, 0.15) is 36.8 Å². The summed E-state index contributed by atoms with van der Waals surface area (Å²) in [4.78, 5) is 10.6. The summed E-state index contributed by atoms with van der Waals surface area (Å²) < 4.78 is 5.59. The van der Waals surface area contributed by atoms with Crippen molar-refractivity contribution in [3.05, 3.63) is 33.4 Å². The zero-order valence-corrected chi connectivity index (χ0v) is 12.2. The number of benzene rings is 1. The van der Waals surface area contributed by atoms with E-state index in [2.05, 4.69) is 0 Å². The molecule has 0 spiro atoms. The van der Waals surface area contributed by atoms with E-state index in [-0.39, 0.29) is 10.6 Å². The maximum atomic E-state index is 11.0. The van der Waals surface area contributed by atoms with Crippen LogP contribution in [-0.2, 0) is 0 Å². The lowest BCUT2D eigenvalue weighted by molar-refractivity contribution is -0.386. The molecule has 1 aromatic carbocycles. The SMILES string of the molecule is Cc1cc(C)c(OCCCCCCCl)c([N+](=O)[O-])c1. The molecule has 0 aliphatic heterocycles. The minimum Gasteiger partial charge on any atom is -0.487 e. The third-order valence-corrected chi connectivity index (χ3v) is 3.14. The number of hydrogen-bond donors (Lipinski definition) is 0. The van der Waals surface area contributed by atoms with Gasteiger partial charge in [-0.15, -0.1) is 11.6 Å². The first-order chi connectivity index (χ1) is 9.06. The smallest absolute Gasteiger partial charge is 0.311 e. The number of hydrogen-bond acceptors (Lipinski definition) is 3. The lowest BCUT2D eigenvalue weighted by atomic mass is 10.1. The van der Waals surface area contributed by atoms with E-state index in [4.69, 9.17) is 16.3 Å². The average molecular weight is 286 g/mol. The van der Waals surface area contributed by atoms with Gasteiger partial charge in [0.25, 0.3) is 0 Å². The summed E-state index contributed by atoms with van der Waals surface area (Å²) in [6, 6.07) is 3.45. The first-order valence-corrected chi connectivity index (χ1v) is 7.04. The summed E-state index contributed by atoms with van der Waals surface area (Å²) in [5.41, 5.74) is 1.74. The summed E-state index contributed by atoms with van der Waals surface area (Å²) in [6.45, 7) is 4.19. The minimum atomic E-state index is -0.386. The van der Waals surface area contributed by atoms with Crippen LogP contribution < -0.4 is 4.74 Å². The quantitative estimate of drug-likeness (QED) is 0.308. The van der Waals surface area contributed by atoms with Crippen LogP contribution in [0.2, 0.25) is 0 Å². The second kappa shape index (κ2) is 8.00. The van der Waals surface area contributed by atoms with E-state index < -0.39 is 0 Å². The molecule has 0 atom stereocenters. The van der Waals surface area contributed by atoms with Crippen LogP contribution in [0.4, 0.5) is 5.69 Å². The highest BCUT2D eigenvalue weighted by molar-refractivity contribution is 6.17. The number of nitro benzene ring substituents is 1. The van der Waals surface area contributed by atoms with Crippen molar-refractivity contribution in [2.45, 2.75) is 39.5 Å². The Morgan fingerprint density at radius 1 is 1.21 bits per heavy atom. The van der Waals surface area contributed by atoms with Crippen molar-refractivity contribution in [3.8, 4) is 5.75 Å². The molecular formula is C14H20ClNO3. The molecule has 0 aromatic heterocycles. The highest BCUT2D eigenvalue weighted by atomic mass is 35.5. The molecule has 0 amide bonds. The lowest BCUT2D eigenvalue weighted by Crippen LogP contribution is -2.03. The van der Waals surface area contributed by atoms with Crippen molar-refractivity contribution < 1.29 is 9.66 Å². The van der Waals surface area contributed by atoms with Gasteiger partial charge in [-0.25, -0.2) is 0 Å². The summed E-state index contributed by atoms with van der Waals surface area (Å²) in [6.07, 6.45) is 4.00. The van der Waals surface area contributed by atoms with Gasteiger partial charge in [-0.1, -0.05) is 18.9 Å². The number of unbranched alkanes of at least 4 members (excludes halogenated alkanes) is 3. The van der Waals surface area contributed by atoms with Crippen LogP contribution >= 0.6 is 11.6 Å². The van der Waals surface area contributed by atoms with Gasteiger partial charge in [0.05, 0.1) is 11.5 Å². The lowest BCUT2D eigenvalue weighted by Gasteiger charge is -2.10. The number of aryl methyl sites for hydroxylation is 2. The van der Waals surface area contributed by atoms with E-state index in [0.29, 0.717) is 18.2 Å². The molecule has 0 radical (unpaired) electrons. The summed E-state index contributed by atoms with van der Waals surface area (Å²) in [7, 11) is 0. The summed E-state index contributed by atoms with van der Waals surface area (Å²) in [5.74, 6) is 1.08. The Morgan fingerprint density at radius 2 is 1.89 bits per heavy atom. The van der Waals surface area contributed by atoms with Crippen LogP contribution in [0.3, 0.4) is 0 Å². The van der Waals surface area contributed by atoms with Gasteiger partial charge in [-0.2, -0.15) is 0 Å². The Kier molecular flexibility index (Phi) is 6.64.